The number of anilines is 1. The third-order valence-corrected chi connectivity index (χ3v) is 5.96. The van der Waals surface area contributed by atoms with Gasteiger partial charge in [-0.05, 0) is 42.8 Å². The van der Waals surface area contributed by atoms with E-state index in [1.54, 1.807) is 43.3 Å². The van der Waals surface area contributed by atoms with Crippen LogP contribution in [0.3, 0.4) is 0 Å². The first-order valence-electron chi connectivity index (χ1n) is 10.3. The Balaban J connectivity index is 1.66. The molecule has 0 spiro atoms. The van der Waals surface area contributed by atoms with Gasteiger partial charge in [-0.15, -0.1) is 0 Å². The molecule has 34 heavy (non-hydrogen) atoms. The SMILES string of the molecule is C/C(=N\NC(=O)c1cc(-c2ccccc2Cl)nc2ccccc12)c1cccc(NS(C)(=O)=O)c1. The van der Waals surface area contributed by atoms with Gasteiger partial charge >= 0.3 is 0 Å². The van der Waals surface area contributed by atoms with Crippen molar-refractivity contribution in [1.82, 2.24) is 10.4 Å². The van der Waals surface area contributed by atoms with Crippen LogP contribution < -0.4 is 10.1 Å². The number of nitrogens with one attached hydrogen (secondary N) is 2. The van der Waals surface area contributed by atoms with Crippen LogP contribution in [0.25, 0.3) is 22.2 Å². The number of nitrogens with zero attached hydrogens (tertiary/aromatic N) is 2. The van der Waals surface area contributed by atoms with Crippen LogP contribution in [-0.2, 0) is 10.0 Å². The Morgan fingerprint density at radius 2 is 1.71 bits per heavy atom. The van der Waals surface area contributed by atoms with Crippen LogP contribution in [0.15, 0.2) is 84.0 Å². The van der Waals surface area contributed by atoms with E-state index >= 15 is 0 Å². The Hall–Kier alpha value is -3.75. The van der Waals surface area contributed by atoms with E-state index < -0.39 is 15.9 Å². The highest BCUT2D eigenvalue weighted by Gasteiger charge is 2.15. The Morgan fingerprint density at radius 3 is 2.47 bits per heavy atom. The van der Waals surface area contributed by atoms with Gasteiger partial charge in [0.15, 0.2) is 0 Å². The van der Waals surface area contributed by atoms with Crippen molar-refractivity contribution in [3.63, 3.8) is 0 Å². The average molecular weight is 493 g/mol. The highest BCUT2D eigenvalue weighted by atomic mass is 35.5. The molecule has 0 aliphatic rings. The lowest BCUT2D eigenvalue weighted by atomic mass is 10.0. The number of aromatic nitrogens is 1. The van der Waals surface area contributed by atoms with Crippen molar-refractivity contribution in [1.29, 1.82) is 0 Å². The molecule has 0 fully saturated rings. The van der Waals surface area contributed by atoms with Gasteiger partial charge < -0.3 is 0 Å². The lowest BCUT2D eigenvalue weighted by molar-refractivity contribution is 0.0956. The number of carbonyl (C=O) groups is 1. The highest BCUT2D eigenvalue weighted by Crippen LogP contribution is 2.29. The smallest absolute Gasteiger partial charge is 0.272 e. The molecule has 0 saturated carbocycles. The Kier molecular flexibility index (Phi) is 6.63. The van der Waals surface area contributed by atoms with Gasteiger partial charge in [-0.1, -0.05) is 60.1 Å². The molecule has 0 radical (unpaired) electrons. The number of amides is 1. The number of para-hydroxylation sites is 1. The summed E-state index contributed by atoms with van der Waals surface area (Å²) in [5, 5.41) is 5.45. The van der Waals surface area contributed by atoms with E-state index in [2.05, 4.69) is 20.2 Å². The van der Waals surface area contributed by atoms with Crippen LogP contribution in [0, 0.1) is 0 Å². The van der Waals surface area contributed by atoms with E-state index in [0.717, 1.165) is 11.8 Å². The minimum atomic E-state index is -3.41. The van der Waals surface area contributed by atoms with E-state index in [1.165, 1.54) is 0 Å². The number of hydrogen-bond donors (Lipinski definition) is 2. The van der Waals surface area contributed by atoms with Crippen LogP contribution in [-0.4, -0.2) is 31.3 Å². The molecule has 9 heteroatoms. The number of sulfonamides is 1. The summed E-state index contributed by atoms with van der Waals surface area (Å²) < 4.78 is 25.4. The van der Waals surface area contributed by atoms with Crippen LogP contribution in [0.5, 0.6) is 0 Å². The maximum atomic E-state index is 13.1. The van der Waals surface area contributed by atoms with Crippen LogP contribution in [0.4, 0.5) is 5.69 Å². The fourth-order valence-corrected chi connectivity index (χ4v) is 4.24. The van der Waals surface area contributed by atoms with E-state index in [4.69, 9.17) is 11.6 Å². The Bertz CT molecular complexity index is 1530. The molecule has 0 saturated heterocycles. The van der Waals surface area contributed by atoms with Crippen LogP contribution >= 0.6 is 11.6 Å². The molecule has 0 atom stereocenters. The molecule has 0 aliphatic heterocycles. The van der Waals surface area contributed by atoms with Gasteiger partial charge in [0.2, 0.25) is 10.0 Å². The van der Waals surface area contributed by atoms with Gasteiger partial charge in [0, 0.05) is 21.7 Å². The number of hydrazone groups is 1. The topological polar surface area (TPSA) is 101 Å². The third kappa shape index (κ3) is 5.41. The normalized spacial score (nSPS) is 11.9. The van der Waals surface area contributed by atoms with E-state index in [9.17, 15) is 13.2 Å². The van der Waals surface area contributed by atoms with Gasteiger partial charge in [-0.2, -0.15) is 5.10 Å². The summed E-state index contributed by atoms with van der Waals surface area (Å²) in [6.45, 7) is 1.72. The second kappa shape index (κ2) is 9.62. The van der Waals surface area contributed by atoms with Gasteiger partial charge in [0.1, 0.15) is 0 Å². The number of fused-ring (bicyclic) bond motifs is 1. The van der Waals surface area contributed by atoms with E-state index in [1.807, 2.05) is 42.5 Å². The zero-order chi connectivity index (χ0) is 24.3. The quantitative estimate of drug-likeness (QED) is 0.289. The Labute approximate surface area is 202 Å². The van der Waals surface area contributed by atoms with E-state index in [0.29, 0.717) is 44.1 Å². The Morgan fingerprint density at radius 1 is 0.971 bits per heavy atom. The zero-order valence-electron chi connectivity index (χ0n) is 18.4. The molecule has 172 valence electrons. The molecule has 0 bridgehead atoms. The molecule has 2 N–H and O–H groups in total. The second-order valence-corrected chi connectivity index (χ2v) is 9.80. The van der Waals surface area contributed by atoms with E-state index in [-0.39, 0.29) is 0 Å². The highest BCUT2D eigenvalue weighted by molar-refractivity contribution is 7.92. The van der Waals surface area contributed by atoms with Crippen molar-refractivity contribution in [3.8, 4) is 11.3 Å². The van der Waals surface area contributed by atoms with Crippen molar-refractivity contribution >= 4 is 49.8 Å². The van der Waals surface area contributed by atoms with Gasteiger partial charge in [0.25, 0.3) is 5.91 Å². The van der Waals surface area contributed by atoms with Gasteiger partial charge in [-0.25, -0.2) is 18.8 Å². The van der Waals surface area contributed by atoms with Gasteiger partial charge in [-0.3, -0.25) is 9.52 Å². The molecule has 1 heterocycles. The molecule has 1 amide bonds. The molecule has 3 aromatic carbocycles. The molecule has 0 unspecified atom stereocenters. The number of halogens is 1. The number of rotatable bonds is 6. The summed E-state index contributed by atoms with van der Waals surface area (Å²) in [5.74, 6) is -0.406. The van der Waals surface area contributed by atoms with Gasteiger partial charge in [0.05, 0.1) is 28.7 Å². The minimum absolute atomic E-state index is 0.406. The maximum absolute atomic E-state index is 13.1. The number of carbonyl (C=O) groups excluding carboxylic acids is 1. The lowest BCUT2D eigenvalue weighted by Crippen LogP contribution is -2.20. The average Bonchev–Trinajstić information content (AvgIpc) is 2.81. The molecule has 0 aliphatic carbocycles. The molecule has 1 aromatic heterocycles. The predicted molar refractivity (Wildman–Crippen MR) is 137 cm³/mol. The number of hydrogen-bond acceptors (Lipinski definition) is 5. The van der Waals surface area contributed by atoms with Crippen molar-refractivity contribution in [2.45, 2.75) is 6.92 Å². The molecular weight excluding hydrogens is 472 g/mol. The largest absolute Gasteiger partial charge is 0.284 e. The molecule has 4 rings (SSSR count). The summed E-state index contributed by atoms with van der Waals surface area (Å²) in [4.78, 5) is 17.8. The standard InChI is InChI=1S/C25H21ClN4O3S/c1-16(17-8-7-9-18(14-17)30-34(2,32)33)28-29-25(31)21-15-24(20-11-3-5-12-22(20)26)27-23-13-6-4-10-19(21)23/h3-15,30H,1-2H3,(H,29,31)/b28-16+. The van der Waals surface area contributed by atoms with Crippen molar-refractivity contribution < 1.29 is 13.2 Å². The third-order valence-electron chi connectivity index (χ3n) is 5.02. The zero-order valence-corrected chi connectivity index (χ0v) is 20.0. The molecule has 4 aromatic rings. The molecular formula is C25H21ClN4O3S. The first-order chi connectivity index (χ1) is 16.2. The van der Waals surface area contributed by atoms with Crippen molar-refractivity contribution in [2.24, 2.45) is 5.10 Å². The first-order valence-corrected chi connectivity index (χ1v) is 12.6. The van der Waals surface area contributed by atoms with Crippen LogP contribution in [0.2, 0.25) is 5.02 Å². The summed E-state index contributed by atoms with van der Waals surface area (Å²) in [6, 6.07) is 23.1. The lowest BCUT2D eigenvalue weighted by Gasteiger charge is -2.10. The van der Waals surface area contributed by atoms with Crippen molar-refractivity contribution in [2.75, 3.05) is 11.0 Å². The summed E-state index contributed by atoms with van der Waals surface area (Å²) in [7, 11) is -3.41. The van der Waals surface area contributed by atoms with Crippen LogP contribution in [0.1, 0.15) is 22.8 Å². The fraction of sp³-hybridized carbons (Fsp3) is 0.0800. The molecule has 7 nitrogen and oxygen atoms in total. The minimum Gasteiger partial charge on any atom is -0.284 e. The fourth-order valence-electron chi connectivity index (χ4n) is 3.45. The predicted octanol–water partition coefficient (Wildman–Crippen LogP) is 5.08. The number of benzene rings is 3. The summed E-state index contributed by atoms with van der Waals surface area (Å²) in [6.07, 6.45) is 1.08. The first kappa shape index (κ1) is 23.4. The van der Waals surface area contributed by atoms with Crippen molar-refractivity contribution in [3.05, 3.63) is 95.0 Å². The number of pyridine rings is 1. The monoisotopic (exact) mass is 492 g/mol. The second-order valence-electron chi connectivity index (χ2n) is 7.65. The summed E-state index contributed by atoms with van der Waals surface area (Å²) in [5.41, 5.74) is 6.54. The summed E-state index contributed by atoms with van der Waals surface area (Å²) >= 11 is 6.36. The maximum Gasteiger partial charge on any atom is 0.272 e.